The summed E-state index contributed by atoms with van der Waals surface area (Å²) in [5, 5.41) is 0.576. The lowest BCUT2D eigenvalue weighted by molar-refractivity contribution is -0.179. The molecule has 0 atom stereocenters. The van der Waals surface area contributed by atoms with Crippen molar-refractivity contribution in [3.8, 4) is 5.75 Å². The van der Waals surface area contributed by atoms with Gasteiger partial charge >= 0.3 is 0 Å². The molecule has 0 aliphatic carbocycles. The van der Waals surface area contributed by atoms with Gasteiger partial charge in [-0.3, -0.25) is 4.98 Å². The maximum Gasteiger partial charge on any atom is 0.243 e. The van der Waals surface area contributed by atoms with Gasteiger partial charge in [-0.15, -0.1) is 0 Å². The van der Waals surface area contributed by atoms with Gasteiger partial charge in [0.15, 0.2) is 5.79 Å². The van der Waals surface area contributed by atoms with E-state index in [0.29, 0.717) is 62.4 Å². The fourth-order valence-corrected chi connectivity index (χ4v) is 5.23. The SMILES string of the molecule is CCOc1ccc(S(=O)(=O)N2CCC3(CC2)OCCO3)c2cccnc12. The minimum atomic E-state index is -3.64. The third kappa shape index (κ3) is 2.96. The number of hydrogen-bond donors (Lipinski definition) is 0. The molecule has 4 rings (SSSR count). The summed E-state index contributed by atoms with van der Waals surface area (Å²) in [6.45, 7) is 4.26. The summed E-state index contributed by atoms with van der Waals surface area (Å²) >= 11 is 0. The molecule has 140 valence electrons. The second-order valence-electron chi connectivity index (χ2n) is 6.41. The molecule has 0 amide bonds. The van der Waals surface area contributed by atoms with Gasteiger partial charge in [0.1, 0.15) is 11.3 Å². The van der Waals surface area contributed by atoms with Crippen LogP contribution >= 0.6 is 0 Å². The topological polar surface area (TPSA) is 78.0 Å². The van der Waals surface area contributed by atoms with Crippen LogP contribution in [0.25, 0.3) is 10.9 Å². The zero-order chi connectivity index (χ0) is 18.2. The van der Waals surface area contributed by atoms with Crippen molar-refractivity contribution in [2.24, 2.45) is 0 Å². The Balaban J connectivity index is 1.67. The van der Waals surface area contributed by atoms with Crippen LogP contribution in [0.1, 0.15) is 19.8 Å². The highest BCUT2D eigenvalue weighted by Crippen LogP contribution is 2.36. The van der Waals surface area contributed by atoms with E-state index in [1.165, 1.54) is 4.31 Å². The lowest BCUT2D eigenvalue weighted by Crippen LogP contribution is -2.47. The zero-order valence-corrected chi connectivity index (χ0v) is 15.5. The quantitative estimate of drug-likeness (QED) is 0.811. The summed E-state index contributed by atoms with van der Waals surface area (Å²) in [4.78, 5) is 4.59. The van der Waals surface area contributed by atoms with Crippen molar-refractivity contribution >= 4 is 20.9 Å². The molecule has 0 unspecified atom stereocenters. The minimum Gasteiger partial charge on any atom is -0.492 e. The number of pyridine rings is 1. The van der Waals surface area contributed by atoms with Crippen molar-refractivity contribution in [3.63, 3.8) is 0 Å². The van der Waals surface area contributed by atoms with E-state index in [0.717, 1.165) is 0 Å². The third-order valence-electron chi connectivity index (χ3n) is 4.91. The number of sulfonamides is 1. The van der Waals surface area contributed by atoms with Crippen molar-refractivity contribution in [1.82, 2.24) is 9.29 Å². The lowest BCUT2D eigenvalue weighted by atomic mass is 10.1. The predicted octanol–water partition coefficient (Wildman–Crippen LogP) is 2.16. The average Bonchev–Trinajstić information content (AvgIpc) is 3.10. The molecule has 2 aliphatic rings. The lowest BCUT2D eigenvalue weighted by Gasteiger charge is -2.36. The first-order valence-corrected chi connectivity index (χ1v) is 10.3. The number of benzene rings is 1. The Kier molecular flexibility index (Phi) is 4.60. The molecule has 3 heterocycles. The number of fused-ring (bicyclic) bond motifs is 1. The van der Waals surface area contributed by atoms with Gasteiger partial charge in [0.25, 0.3) is 0 Å². The first-order chi connectivity index (χ1) is 12.6. The fraction of sp³-hybridized carbons (Fsp3) is 0.500. The Labute approximate surface area is 152 Å². The summed E-state index contributed by atoms with van der Waals surface area (Å²) in [5.74, 6) is -0.0125. The molecule has 2 aliphatic heterocycles. The van der Waals surface area contributed by atoms with Crippen LogP contribution < -0.4 is 4.74 Å². The van der Waals surface area contributed by atoms with E-state index in [-0.39, 0.29) is 4.90 Å². The summed E-state index contributed by atoms with van der Waals surface area (Å²) in [5.41, 5.74) is 0.561. The number of nitrogens with zero attached hydrogens (tertiary/aromatic N) is 2. The van der Waals surface area contributed by atoms with Crippen LogP contribution in [-0.4, -0.2) is 56.4 Å². The molecule has 1 aromatic heterocycles. The number of aromatic nitrogens is 1. The molecule has 7 nitrogen and oxygen atoms in total. The predicted molar refractivity (Wildman–Crippen MR) is 95.5 cm³/mol. The third-order valence-corrected chi connectivity index (χ3v) is 6.86. The first kappa shape index (κ1) is 17.7. The van der Waals surface area contributed by atoms with E-state index < -0.39 is 15.8 Å². The van der Waals surface area contributed by atoms with Crippen molar-refractivity contribution in [2.75, 3.05) is 32.9 Å². The molecular weight excluding hydrogens is 356 g/mol. The molecule has 0 radical (unpaired) electrons. The van der Waals surface area contributed by atoms with E-state index in [4.69, 9.17) is 14.2 Å². The Morgan fingerprint density at radius 2 is 1.92 bits per heavy atom. The summed E-state index contributed by atoms with van der Waals surface area (Å²) in [6, 6.07) is 6.80. The number of hydrogen-bond acceptors (Lipinski definition) is 6. The molecule has 0 N–H and O–H groups in total. The highest BCUT2D eigenvalue weighted by Gasteiger charge is 2.43. The summed E-state index contributed by atoms with van der Waals surface area (Å²) < 4.78 is 45.0. The maximum atomic E-state index is 13.2. The largest absolute Gasteiger partial charge is 0.492 e. The van der Waals surface area contributed by atoms with Crippen molar-refractivity contribution in [3.05, 3.63) is 30.5 Å². The van der Waals surface area contributed by atoms with Gasteiger partial charge in [-0.1, -0.05) is 0 Å². The normalized spacial score (nSPS) is 20.7. The van der Waals surface area contributed by atoms with Crippen LogP contribution in [0.5, 0.6) is 5.75 Å². The molecule has 2 aromatic rings. The van der Waals surface area contributed by atoms with Gasteiger partial charge in [-0.25, -0.2) is 8.42 Å². The van der Waals surface area contributed by atoms with Gasteiger partial charge in [-0.05, 0) is 31.2 Å². The van der Waals surface area contributed by atoms with Crippen molar-refractivity contribution in [2.45, 2.75) is 30.4 Å². The van der Waals surface area contributed by atoms with E-state index in [1.807, 2.05) is 6.92 Å². The average molecular weight is 378 g/mol. The highest BCUT2D eigenvalue weighted by molar-refractivity contribution is 7.89. The summed E-state index contributed by atoms with van der Waals surface area (Å²) in [6.07, 6.45) is 2.72. The van der Waals surface area contributed by atoms with Crippen LogP contribution in [0.2, 0.25) is 0 Å². The highest BCUT2D eigenvalue weighted by atomic mass is 32.2. The van der Waals surface area contributed by atoms with Gasteiger partial charge in [0.2, 0.25) is 10.0 Å². The Morgan fingerprint density at radius 1 is 1.19 bits per heavy atom. The van der Waals surface area contributed by atoms with E-state index >= 15 is 0 Å². The molecule has 26 heavy (non-hydrogen) atoms. The van der Waals surface area contributed by atoms with Crippen LogP contribution in [0.3, 0.4) is 0 Å². The Bertz CT molecular complexity index is 899. The van der Waals surface area contributed by atoms with Crippen LogP contribution in [0.4, 0.5) is 0 Å². The number of piperidine rings is 1. The van der Waals surface area contributed by atoms with Crippen LogP contribution in [0, 0.1) is 0 Å². The maximum absolute atomic E-state index is 13.2. The number of rotatable bonds is 4. The van der Waals surface area contributed by atoms with Gasteiger partial charge in [-0.2, -0.15) is 4.31 Å². The van der Waals surface area contributed by atoms with E-state index in [1.54, 1.807) is 30.5 Å². The van der Waals surface area contributed by atoms with E-state index in [9.17, 15) is 8.42 Å². The van der Waals surface area contributed by atoms with Crippen molar-refractivity contribution < 1.29 is 22.6 Å². The second kappa shape index (κ2) is 6.77. The monoisotopic (exact) mass is 378 g/mol. The molecule has 1 spiro atoms. The zero-order valence-electron chi connectivity index (χ0n) is 14.7. The van der Waals surface area contributed by atoms with E-state index in [2.05, 4.69) is 4.98 Å². The number of ether oxygens (including phenoxy) is 3. The minimum absolute atomic E-state index is 0.258. The van der Waals surface area contributed by atoms with Gasteiger partial charge < -0.3 is 14.2 Å². The fourth-order valence-electron chi connectivity index (χ4n) is 3.61. The molecular formula is C18H22N2O5S. The molecule has 0 saturated carbocycles. The standard InChI is InChI=1S/C18H22N2O5S/c1-2-23-15-5-6-16(14-4-3-9-19-17(14)15)26(21,22)20-10-7-18(8-11-20)24-12-13-25-18/h3-6,9H,2,7-8,10-13H2,1H3. The molecule has 0 bridgehead atoms. The molecule has 2 saturated heterocycles. The molecule has 2 fully saturated rings. The van der Waals surface area contributed by atoms with Crippen molar-refractivity contribution in [1.29, 1.82) is 0 Å². The Morgan fingerprint density at radius 3 is 2.62 bits per heavy atom. The van der Waals surface area contributed by atoms with Gasteiger partial charge in [0, 0.05) is 37.5 Å². The second-order valence-corrected chi connectivity index (χ2v) is 8.31. The smallest absolute Gasteiger partial charge is 0.243 e. The molecule has 1 aromatic carbocycles. The Hall–Kier alpha value is -1.74. The first-order valence-electron chi connectivity index (χ1n) is 8.84. The van der Waals surface area contributed by atoms with Crippen LogP contribution in [0.15, 0.2) is 35.4 Å². The van der Waals surface area contributed by atoms with Gasteiger partial charge in [0.05, 0.1) is 24.7 Å². The summed E-state index contributed by atoms with van der Waals surface area (Å²) in [7, 11) is -3.64. The molecule has 8 heteroatoms. The van der Waals surface area contributed by atoms with Crippen LogP contribution in [-0.2, 0) is 19.5 Å².